The average molecular weight is 294 g/mol. The highest BCUT2D eigenvalue weighted by atomic mass is 16.5. The monoisotopic (exact) mass is 294 g/mol. The molecule has 1 N–H and O–H groups in total. The number of carbonyl (C=O) groups excluding carboxylic acids is 2. The third-order valence-corrected chi connectivity index (χ3v) is 3.70. The van der Waals surface area contributed by atoms with Gasteiger partial charge in [0.2, 0.25) is 5.91 Å². The van der Waals surface area contributed by atoms with E-state index in [1.807, 2.05) is 11.8 Å². The molecule has 2 amide bonds. The zero-order valence-corrected chi connectivity index (χ0v) is 12.3. The van der Waals surface area contributed by atoms with Gasteiger partial charge in [0.05, 0.1) is 11.8 Å². The van der Waals surface area contributed by atoms with Gasteiger partial charge >= 0.3 is 0 Å². The number of likely N-dealkylation sites (tertiary alicyclic amines) is 1. The van der Waals surface area contributed by atoms with E-state index in [0.717, 1.165) is 25.9 Å². The van der Waals surface area contributed by atoms with Gasteiger partial charge in [-0.05, 0) is 31.7 Å². The number of nitrogens with one attached hydrogen (secondary N) is 1. The first-order valence-electron chi connectivity index (χ1n) is 7.36. The predicted octanol–water partition coefficient (Wildman–Crippen LogP) is 1.28. The van der Waals surface area contributed by atoms with Crippen molar-refractivity contribution in [2.75, 3.05) is 32.8 Å². The van der Waals surface area contributed by atoms with Crippen LogP contribution in [0.2, 0.25) is 0 Å². The molecule has 0 saturated carbocycles. The Balaban J connectivity index is 1.69. The number of carbonyl (C=O) groups is 2. The average Bonchev–Trinajstić information content (AvgIpc) is 3.05. The topological polar surface area (TPSA) is 71.8 Å². The molecular weight excluding hydrogens is 272 g/mol. The Bertz CT molecular complexity index is 450. The zero-order chi connectivity index (χ0) is 15.1. The van der Waals surface area contributed by atoms with Crippen LogP contribution >= 0.6 is 0 Å². The summed E-state index contributed by atoms with van der Waals surface area (Å²) in [7, 11) is 0. The Kier molecular flexibility index (Phi) is 5.80. The van der Waals surface area contributed by atoms with E-state index in [9.17, 15) is 9.59 Å². The van der Waals surface area contributed by atoms with Crippen molar-refractivity contribution in [3.8, 4) is 0 Å². The highest BCUT2D eigenvalue weighted by Gasteiger charge is 2.24. The highest BCUT2D eigenvalue weighted by molar-refractivity contribution is 5.93. The Labute approximate surface area is 124 Å². The van der Waals surface area contributed by atoms with Crippen LogP contribution in [0.4, 0.5) is 0 Å². The van der Waals surface area contributed by atoms with Gasteiger partial charge in [-0.25, -0.2) is 0 Å². The van der Waals surface area contributed by atoms with Gasteiger partial charge in [-0.2, -0.15) is 0 Å². The number of hydrogen-bond donors (Lipinski definition) is 1. The second kappa shape index (κ2) is 7.83. The van der Waals surface area contributed by atoms with Crippen LogP contribution in [-0.2, 0) is 9.53 Å². The van der Waals surface area contributed by atoms with Gasteiger partial charge in [-0.3, -0.25) is 9.59 Å². The van der Waals surface area contributed by atoms with Crippen LogP contribution in [0.1, 0.15) is 30.1 Å². The van der Waals surface area contributed by atoms with Crippen molar-refractivity contribution in [2.45, 2.75) is 19.8 Å². The summed E-state index contributed by atoms with van der Waals surface area (Å²) in [5, 5.41) is 2.88. The Morgan fingerprint density at radius 1 is 1.43 bits per heavy atom. The fourth-order valence-corrected chi connectivity index (χ4v) is 2.41. The molecule has 0 aromatic carbocycles. The third-order valence-electron chi connectivity index (χ3n) is 3.70. The first kappa shape index (κ1) is 15.6. The van der Waals surface area contributed by atoms with Crippen LogP contribution < -0.4 is 5.32 Å². The van der Waals surface area contributed by atoms with Gasteiger partial charge in [0, 0.05) is 26.2 Å². The van der Waals surface area contributed by atoms with E-state index in [1.54, 1.807) is 6.07 Å². The van der Waals surface area contributed by atoms with Crippen molar-refractivity contribution in [1.82, 2.24) is 10.2 Å². The van der Waals surface area contributed by atoms with Crippen LogP contribution in [0.25, 0.3) is 0 Å². The van der Waals surface area contributed by atoms with E-state index in [0.29, 0.717) is 24.6 Å². The maximum absolute atomic E-state index is 12.1. The van der Waals surface area contributed by atoms with Crippen molar-refractivity contribution < 1.29 is 18.7 Å². The van der Waals surface area contributed by atoms with Gasteiger partial charge in [-0.1, -0.05) is 0 Å². The van der Waals surface area contributed by atoms with Crippen LogP contribution in [0.15, 0.2) is 23.0 Å². The van der Waals surface area contributed by atoms with Crippen molar-refractivity contribution >= 4 is 11.8 Å². The van der Waals surface area contributed by atoms with E-state index in [1.165, 1.54) is 12.5 Å². The van der Waals surface area contributed by atoms with Crippen LogP contribution in [0, 0.1) is 5.92 Å². The lowest BCUT2D eigenvalue weighted by Gasteiger charge is -2.31. The third kappa shape index (κ3) is 4.60. The molecule has 0 unspecified atom stereocenters. The summed E-state index contributed by atoms with van der Waals surface area (Å²) in [6.07, 6.45) is 4.78. The van der Waals surface area contributed by atoms with Gasteiger partial charge in [0.15, 0.2) is 0 Å². The molecule has 6 heteroatoms. The lowest BCUT2D eigenvalue weighted by molar-refractivity contribution is -0.125. The maximum Gasteiger partial charge on any atom is 0.257 e. The van der Waals surface area contributed by atoms with Gasteiger partial charge in [-0.15, -0.1) is 0 Å². The van der Waals surface area contributed by atoms with Crippen molar-refractivity contribution in [1.29, 1.82) is 0 Å². The minimum absolute atomic E-state index is 0.0163. The molecule has 2 rings (SSSR count). The van der Waals surface area contributed by atoms with Crippen LogP contribution in [0.5, 0.6) is 0 Å². The van der Waals surface area contributed by atoms with Gasteiger partial charge in [0.25, 0.3) is 5.91 Å². The molecule has 1 aromatic heterocycles. The Morgan fingerprint density at radius 3 is 2.81 bits per heavy atom. The SMILES string of the molecule is CCOCC(=O)NCC1CCN(C(=O)c2ccoc2)CC1. The Hall–Kier alpha value is -1.82. The van der Waals surface area contributed by atoms with Crippen molar-refractivity contribution in [3.05, 3.63) is 24.2 Å². The quantitative estimate of drug-likeness (QED) is 0.858. The summed E-state index contributed by atoms with van der Waals surface area (Å²) < 4.78 is 9.99. The van der Waals surface area contributed by atoms with E-state index in [2.05, 4.69) is 5.32 Å². The summed E-state index contributed by atoms with van der Waals surface area (Å²) in [4.78, 5) is 25.4. The van der Waals surface area contributed by atoms with Crippen LogP contribution in [0.3, 0.4) is 0 Å². The van der Waals surface area contributed by atoms with Gasteiger partial charge in [0.1, 0.15) is 12.9 Å². The number of rotatable bonds is 6. The minimum Gasteiger partial charge on any atom is -0.472 e. The van der Waals surface area contributed by atoms with Crippen molar-refractivity contribution in [3.63, 3.8) is 0 Å². The number of amides is 2. The second-order valence-electron chi connectivity index (χ2n) is 5.19. The molecule has 1 aliphatic heterocycles. The maximum atomic E-state index is 12.1. The molecule has 0 spiro atoms. The Morgan fingerprint density at radius 2 is 2.19 bits per heavy atom. The van der Waals surface area contributed by atoms with E-state index < -0.39 is 0 Å². The number of furan rings is 1. The molecule has 116 valence electrons. The summed E-state index contributed by atoms with van der Waals surface area (Å²) in [6, 6.07) is 1.68. The summed E-state index contributed by atoms with van der Waals surface area (Å²) in [6.45, 7) is 4.61. The molecule has 0 atom stereocenters. The highest BCUT2D eigenvalue weighted by Crippen LogP contribution is 2.18. The largest absolute Gasteiger partial charge is 0.472 e. The minimum atomic E-state index is -0.0752. The number of piperidine rings is 1. The lowest BCUT2D eigenvalue weighted by atomic mass is 9.96. The molecular formula is C15H22N2O4. The second-order valence-corrected chi connectivity index (χ2v) is 5.19. The molecule has 6 nitrogen and oxygen atoms in total. The fourth-order valence-electron chi connectivity index (χ4n) is 2.41. The molecule has 0 radical (unpaired) electrons. The smallest absolute Gasteiger partial charge is 0.257 e. The standard InChI is InChI=1S/C15H22N2O4/c1-2-20-11-14(18)16-9-12-3-6-17(7-4-12)15(19)13-5-8-21-10-13/h5,8,10,12H,2-4,6-7,9,11H2,1H3,(H,16,18). The first-order valence-corrected chi connectivity index (χ1v) is 7.36. The fraction of sp³-hybridized carbons (Fsp3) is 0.600. The molecule has 0 bridgehead atoms. The molecule has 21 heavy (non-hydrogen) atoms. The summed E-state index contributed by atoms with van der Waals surface area (Å²) in [5.41, 5.74) is 0.596. The van der Waals surface area contributed by atoms with E-state index in [4.69, 9.17) is 9.15 Å². The number of hydrogen-bond acceptors (Lipinski definition) is 4. The van der Waals surface area contributed by atoms with E-state index in [-0.39, 0.29) is 18.4 Å². The molecule has 1 aliphatic rings. The summed E-state index contributed by atoms with van der Waals surface area (Å²) >= 11 is 0. The molecule has 1 aromatic rings. The normalized spacial score (nSPS) is 16.0. The molecule has 1 fully saturated rings. The lowest BCUT2D eigenvalue weighted by Crippen LogP contribution is -2.42. The number of ether oxygens (including phenoxy) is 1. The predicted molar refractivity (Wildman–Crippen MR) is 76.8 cm³/mol. The number of nitrogens with zero attached hydrogens (tertiary/aromatic N) is 1. The summed E-state index contributed by atoms with van der Waals surface area (Å²) in [5.74, 6) is 0.361. The molecule has 0 aliphatic carbocycles. The zero-order valence-electron chi connectivity index (χ0n) is 12.3. The molecule has 1 saturated heterocycles. The van der Waals surface area contributed by atoms with Crippen LogP contribution in [-0.4, -0.2) is 49.6 Å². The molecule has 2 heterocycles. The van der Waals surface area contributed by atoms with Gasteiger partial charge < -0.3 is 19.4 Å². The first-order chi connectivity index (χ1) is 10.2. The van der Waals surface area contributed by atoms with Crippen molar-refractivity contribution in [2.24, 2.45) is 5.92 Å². The van der Waals surface area contributed by atoms with E-state index >= 15 is 0 Å².